The van der Waals surface area contributed by atoms with E-state index in [1.54, 1.807) is 0 Å². The van der Waals surface area contributed by atoms with Crippen molar-refractivity contribution in [2.75, 3.05) is 0 Å². The second-order valence-corrected chi connectivity index (χ2v) is 8.94. The average Bonchev–Trinajstić information content (AvgIpc) is 2.88. The van der Waals surface area contributed by atoms with E-state index in [1.165, 1.54) is 24.3 Å². The smallest absolute Gasteiger partial charge is 0.224 e. The zero-order chi connectivity index (χ0) is 15.7. The van der Waals surface area contributed by atoms with Crippen molar-refractivity contribution in [3.8, 4) is 0 Å². The monoisotopic (exact) mass is 350 g/mol. The molecule has 114 valence electrons. The zero-order valence-corrected chi connectivity index (χ0v) is 12.9. The first-order chi connectivity index (χ1) is 9.68. The van der Waals surface area contributed by atoms with Crippen LogP contribution in [0, 0.1) is 5.82 Å². The SMILES string of the molecule is NS(=O)(=O)c1ccc(S(=O)(=O)NCc2ccc(F)cc2)s1. The van der Waals surface area contributed by atoms with Crippen LogP contribution in [-0.4, -0.2) is 16.8 Å². The molecule has 0 aliphatic carbocycles. The Morgan fingerprint density at radius 3 is 2.10 bits per heavy atom. The summed E-state index contributed by atoms with van der Waals surface area (Å²) >= 11 is 0.561. The molecule has 3 N–H and O–H groups in total. The maximum absolute atomic E-state index is 12.7. The highest BCUT2D eigenvalue weighted by atomic mass is 32.3. The van der Waals surface area contributed by atoms with Crippen LogP contribution in [0.4, 0.5) is 4.39 Å². The number of hydrogen-bond donors (Lipinski definition) is 2. The average molecular weight is 350 g/mol. The highest BCUT2D eigenvalue weighted by Gasteiger charge is 2.20. The minimum absolute atomic E-state index is 0.0365. The Hall–Kier alpha value is -1.33. The van der Waals surface area contributed by atoms with Crippen LogP contribution >= 0.6 is 11.3 Å². The lowest BCUT2D eigenvalue weighted by atomic mass is 10.2. The minimum atomic E-state index is -3.93. The summed E-state index contributed by atoms with van der Waals surface area (Å²) in [4.78, 5) is 0. The summed E-state index contributed by atoms with van der Waals surface area (Å²) in [5, 5.41) is 4.92. The topological polar surface area (TPSA) is 106 Å². The third-order valence-electron chi connectivity index (χ3n) is 2.48. The molecule has 0 saturated carbocycles. The Kier molecular flexibility index (Phi) is 4.44. The molecule has 0 fully saturated rings. The molecule has 10 heteroatoms. The fourth-order valence-corrected chi connectivity index (χ4v) is 4.70. The highest BCUT2D eigenvalue weighted by molar-refractivity contribution is 7.94. The van der Waals surface area contributed by atoms with Crippen LogP contribution < -0.4 is 9.86 Å². The van der Waals surface area contributed by atoms with Gasteiger partial charge in [0, 0.05) is 6.54 Å². The van der Waals surface area contributed by atoms with Crippen molar-refractivity contribution in [3.05, 3.63) is 47.8 Å². The molecule has 0 atom stereocenters. The number of benzene rings is 1. The van der Waals surface area contributed by atoms with Gasteiger partial charge in [0.1, 0.15) is 14.2 Å². The maximum Gasteiger partial charge on any atom is 0.250 e. The van der Waals surface area contributed by atoms with Crippen LogP contribution in [0.3, 0.4) is 0 Å². The predicted octanol–water partition coefficient (Wildman–Crippen LogP) is 1.01. The predicted molar refractivity (Wildman–Crippen MR) is 76.1 cm³/mol. The van der Waals surface area contributed by atoms with Gasteiger partial charge in [-0.1, -0.05) is 12.1 Å². The van der Waals surface area contributed by atoms with Crippen molar-refractivity contribution in [3.63, 3.8) is 0 Å². The summed E-state index contributed by atoms with van der Waals surface area (Å²) in [6, 6.07) is 7.62. The molecule has 21 heavy (non-hydrogen) atoms. The van der Waals surface area contributed by atoms with Gasteiger partial charge in [0.2, 0.25) is 20.0 Å². The Balaban J connectivity index is 2.15. The molecular weight excluding hydrogens is 339 g/mol. The van der Waals surface area contributed by atoms with Gasteiger partial charge < -0.3 is 0 Å². The Bertz CT molecular complexity index is 842. The number of sulfonamides is 2. The van der Waals surface area contributed by atoms with E-state index in [9.17, 15) is 21.2 Å². The molecule has 0 aliphatic rings. The molecule has 0 bridgehead atoms. The molecule has 0 aliphatic heterocycles. The minimum Gasteiger partial charge on any atom is -0.224 e. The summed E-state index contributed by atoms with van der Waals surface area (Å²) in [7, 11) is -7.78. The summed E-state index contributed by atoms with van der Waals surface area (Å²) in [5.74, 6) is -0.419. The van der Waals surface area contributed by atoms with E-state index in [2.05, 4.69) is 4.72 Å². The third-order valence-corrected chi connectivity index (χ3v) is 6.90. The summed E-state index contributed by atoms with van der Waals surface area (Å²) in [6.45, 7) is -0.0365. The fraction of sp³-hybridized carbons (Fsp3) is 0.0909. The fourth-order valence-electron chi connectivity index (χ4n) is 1.45. The van der Waals surface area contributed by atoms with Crippen LogP contribution in [0.25, 0.3) is 0 Å². The lowest BCUT2D eigenvalue weighted by Gasteiger charge is -2.04. The van der Waals surface area contributed by atoms with Gasteiger partial charge in [0.15, 0.2) is 0 Å². The van der Waals surface area contributed by atoms with Gasteiger partial charge in [-0.15, -0.1) is 11.3 Å². The van der Waals surface area contributed by atoms with Gasteiger partial charge in [-0.05, 0) is 29.8 Å². The maximum atomic E-state index is 12.7. The van der Waals surface area contributed by atoms with E-state index < -0.39 is 25.9 Å². The van der Waals surface area contributed by atoms with Crippen molar-refractivity contribution in [1.82, 2.24) is 4.72 Å². The summed E-state index contributed by atoms with van der Waals surface area (Å²) in [6.07, 6.45) is 0. The van der Waals surface area contributed by atoms with Crippen molar-refractivity contribution < 1.29 is 21.2 Å². The lowest BCUT2D eigenvalue weighted by molar-refractivity contribution is 0.583. The van der Waals surface area contributed by atoms with Crippen molar-refractivity contribution in [2.45, 2.75) is 15.0 Å². The summed E-state index contributed by atoms with van der Waals surface area (Å²) < 4.78 is 60.9. The van der Waals surface area contributed by atoms with Crippen molar-refractivity contribution in [2.24, 2.45) is 5.14 Å². The van der Waals surface area contributed by atoms with E-state index in [0.29, 0.717) is 16.9 Å². The normalized spacial score (nSPS) is 12.5. The molecule has 0 spiro atoms. The molecule has 1 aromatic heterocycles. The molecule has 0 saturated heterocycles. The van der Waals surface area contributed by atoms with Crippen molar-refractivity contribution in [1.29, 1.82) is 0 Å². The van der Waals surface area contributed by atoms with E-state index in [4.69, 9.17) is 5.14 Å². The molecular formula is C11H11FN2O4S3. The third kappa shape index (κ3) is 4.08. The Labute approximate surface area is 125 Å². The first-order valence-corrected chi connectivity index (χ1v) is 9.40. The molecule has 0 radical (unpaired) electrons. The van der Waals surface area contributed by atoms with Crippen LogP contribution in [-0.2, 0) is 26.6 Å². The van der Waals surface area contributed by atoms with Gasteiger partial charge in [-0.2, -0.15) is 0 Å². The Morgan fingerprint density at radius 1 is 1.00 bits per heavy atom. The molecule has 6 nitrogen and oxygen atoms in total. The van der Waals surface area contributed by atoms with Gasteiger partial charge >= 0.3 is 0 Å². The van der Waals surface area contributed by atoms with E-state index in [-0.39, 0.29) is 15.0 Å². The number of nitrogens with two attached hydrogens (primary N) is 1. The van der Waals surface area contributed by atoms with Gasteiger partial charge in [0.25, 0.3) is 0 Å². The second kappa shape index (κ2) is 5.81. The van der Waals surface area contributed by atoms with E-state index in [0.717, 1.165) is 12.1 Å². The first-order valence-electron chi connectivity index (χ1n) is 5.55. The number of halogens is 1. The van der Waals surface area contributed by atoms with Crippen LogP contribution in [0.15, 0.2) is 44.8 Å². The number of thiophene rings is 1. The largest absolute Gasteiger partial charge is 0.250 e. The first kappa shape index (κ1) is 16.0. The number of hydrogen-bond acceptors (Lipinski definition) is 5. The number of rotatable bonds is 5. The van der Waals surface area contributed by atoms with E-state index >= 15 is 0 Å². The van der Waals surface area contributed by atoms with Gasteiger partial charge in [-0.25, -0.2) is 31.1 Å². The molecule has 0 unspecified atom stereocenters. The molecule has 1 aromatic carbocycles. The van der Waals surface area contributed by atoms with Crippen LogP contribution in [0.2, 0.25) is 0 Å². The van der Waals surface area contributed by atoms with E-state index in [1.807, 2.05) is 0 Å². The number of nitrogens with one attached hydrogen (secondary N) is 1. The lowest BCUT2D eigenvalue weighted by Crippen LogP contribution is -2.22. The molecule has 2 aromatic rings. The quantitative estimate of drug-likeness (QED) is 0.839. The molecule has 0 amide bonds. The van der Waals surface area contributed by atoms with Gasteiger partial charge in [-0.3, -0.25) is 0 Å². The Morgan fingerprint density at radius 2 is 1.57 bits per heavy atom. The van der Waals surface area contributed by atoms with Gasteiger partial charge in [0.05, 0.1) is 0 Å². The van der Waals surface area contributed by atoms with Crippen LogP contribution in [0.1, 0.15) is 5.56 Å². The summed E-state index contributed by atoms with van der Waals surface area (Å²) in [5.41, 5.74) is 0.572. The molecule has 1 heterocycles. The zero-order valence-electron chi connectivity index (χ0n) is 10.5. The van der Waals surface area contributed by atoms with Crippen molar-refractivity contribution >= 4 is 31.4 Å². The number of primary sulfonamides is 1. The second-order valence-electron chi connectivity index (χ2n) is 4.07. The molecule has 2 rings (SSSR count). The van der Waals surface area contributed by atoms with Crippen LogP contribution in [0.5, 0.6) is 0 Å². The highest BCUT2D eigenvalue weighted by Crippen LogP contribution is 2.24. The standard InChI is InChI=1S/C11H11FN2O4S3/c12-9-3-1-8(2-4-9)7-14-21(17,18)11-6-5-10(19-11)20(13,15)16/h1-6,14H,7H2,(H2,13,15,16).